The van der Waals surface area contributed by atoms with Crippen LogP contribution in [0.15, 0.2) is 40.9 Å². The Bertz CT molecular complexity index is 920. The van der Waals surface area contributed by atoms with E-state index in [4.69, 9.17) is 9.40 Å². The van der Waals surface area contributed by atoms with E-state index in [1.807, 2.05) is 36.5 Å². The number of piperazine rings is 1. The molecule has 1 atom stereocenters. The molecule has 2 aliphatic heterocycles. The van der Waals surface area contributed by atoms with Crippen molar-refractivity contribution in [1.29, 1.82) is 0 Å². The maximum atomic E-state index is 9.93. The Morgan fingerprint density at radius 3 is 2.57 bits per heavy atom. The van der Waals surface area contributed by atoms with Crippen LogP contribution in [0.2, 0.25) is 0 Å². The molecule has 0 aliphatic carbocycles. The quantitative estimate of drug-likeness (QED) is 0.738. The molecule has 0 bridgehead atoms. The lowest BCUT2D eigenvalue weighted by Crippen LogP contribution is -2.47. The van der Waals surface area contributed by atoms with Gasteiger partial charge in [-0.15, -0.1) is 0 Å². The van der Waals surface area contributed by atoms with Crippen LogP contribution >= 0.6 is 0 Å². The number of aromatic nitrogens is 3. The Balaban J connectivity index is 1.27. The summed E-state index contributed by atoms with van der Waals surface area (Å²) in [5.74, 6) is 1.64. The molecule has 4 heterocycles. The molecule has 5 rings (SSSR count). The monoisotopic (exact) mass is 380 g/mol. The highest BCUT2D eigenvalue weighted by Crippen LogP contribution is 2.24. The predicted molar refractivity (Wildman–Crippen MR) is 108 cm³/mol. The zero-order valence-electron chi connectivity index (χ0n) is 15.7. The Kier molecular flexibility index (Phi) is 4.48. The van der Waals surface area contributed by atoms with Crippen molar-refractivity contribution in [3.8, 4) is 0 Å². The third kappa shape index (κ3) is 3.35. The highest BCUT2D eigenvalue weighted by atomic mass is 16.4. The van der Waals surface area contributed by atoms with Crippen LogP contribution in [-0.2, 0) is 0 Å². The highest BCUT2D eigenvalue weighted by Gasteiger charge is 2.24. The molecule has 0 spiro atoms. The molecule has 2 fully saturated rings. The van der Waals surface area contributed by atoms with Gasteiger partial charge in [0.1, 0.15) is 11.3 Å². The molecule has 2 aliphatic rings. The predicted octanol–water partition coefficient (Wildman–Crippen LogP) is 1.91. The summed E-state index contributed by atoms with van der Waals surface area (Å²) in [5, 5.41) is 9.93. The molecule has 146 valence electrons. The van der Waals surface area contributed by atoms with Gasteiger partial charge in [0.15, 0.2) is 5.58 Å². The number of fused-ring (bicyclic) bond motifs is 1. The van der Waals surface area contributed by atoms with Gasteiger partial charge in [-0.05, 0) is 31.0 Å². The fourth-order valence-electron chi connectivity index (χ4n) is 3.92. The summed E-state index contributed by atoms with van der Waals surface area (Å²) in [4.78, 5) is 20.3. The number of anilines is 3. The number of nitrogens with zero attached hydrogens (tertiary/aromatic N) is 6. The maximum Gasteiger partial charge on any atom is 0.298 e. The Morgan fingerprint density at radius 1 is 0.929 bits per heavy atom. The largest absolute Gasteiger partial charge is 0.423 e. The number of piperidine rings is 1. The van der Waals surface area contributed by atoms with Gasteiger partial charge in [0.25, 0.3) is 6.01 Å². The normalized spacial score (nSPS) is 20.8. The van der Waals surface area contributed by atoms with Crippen LogP contribution in [0.25, 0.3) is 11.1 Å². The summed E-state index contributed by atoms with van der Waals surface area (Å²) in [6.45, 7) is 4.81. The van der Waals surface area contributed by atoms with Crippen molar-refractivity contribution in [2.75, 3.05) is 54.0 Å². The summed E-state index contributed by atoms with van der Waals surface area (Å²) in [6.07, 6.45) is 3.40. The number of benzene rings is 1. The Morgan fingerprint density at radius 2 is 1.75 bits per heavy atom. The number of oxazole rings is 1. The average Bonchev–Trinajstić information content (AvgIpc) is 3.18. The van der Waals surface area contributed by atoms with Crippen molar-refractivity contribution in [2.24, 2.45) is 0 Å². The van der Waals surface area contributed by atoms with Gasteiger partial charge in [0, 0.05) is 45.5 Å². The molecule has 1 N–H and O–H groups in total. The van der Waals surface area contributed by atoms with Gasteiger partial charge < -0.3 is 24.2 Å². The van der Waals surface area contributed by atoms with Gasteiger partial charge in [-0.3, -0.25) is 0 Å². The lowest BCUT2D eigenvalue weighted by atomic mass is 10.1. The number of hydrogen-bond donors (Lipinski definition) is 1. The van der Waals surface area contributed by atoms with Crippen LogP contribution < -0.4 is 14.7 Å². The lowest BCUT2D eigenvalue weighted by molar-refractivity contribution is 0.154. The fourth-order valence-corrected chi connectivity index (χ4v) is 3.92. The lowest BCUT2D eigenvalue weighted by Gasteiger charge is -2.35. The smallest absolute Gasteiger partial charge is 0.298 e. The second-order valence-corrected chi connectivity index (χ2v) is 7.40. The maximum absolute atomic E-state index is 9.93. The summed E-state index contributed by atoms with van der Waals surface area (Å²) in [5.41, 5.74) is 1.71. The first-order valence-corrected chi connectivity index (χ1v) is 9.88. The summed E-state index contributed by atoms with van der Waals surface area (Å²) < 4.78 is 5.89. The van der Waals surface area contributed by atoms with Crippen molar-refractivity contribution in [3.05, 3.63) is 36.5 Å². The molecule has 8 nitrogen and oxygen atoms in total. The van der Waals surface area contributed by atoms with E-state index in [0.717, 1.165) is 68.4 Å². The molecule has 0 radical (unpaired) electrons. The zero-order chi connectivity index (χ0) is 18.9. The van der Waals surface area contributed by atoms with Crippen LogP contribution in [0.3, 0.4) is 0 Å². The molecule has 0 amide bonds. The van der Waals surface area contributed by atoms with Crippen molar-refractivity contribution in [1.82, 2.24) is 15.0 Å². The van der Waals surface area contributed by atoms with E-state index >= 15 is 0 Å². The molecular formula is C20H24N6O2. The van der Waals surface area contributed by atoms with Gasteiger partial charge in [-0.25, -0.2) is 4.98 Å². The highest BCUT2D eigenvalue weighted by molar-refractivity contribution is 5.74. The second kappa shape index (κ2) is 7.27. The molecular weight excluding hydrogens is 356 g/mol. The van der Waals surface area contributed by atoms with Crippen molar-refractivity contribution in [2.45, 2.75) is 18.9 Å². The summed E-state index contributed by atoms with van der Waals surface area (Å²) in [7, 11) is 0. The molecule has 3 aromatic rings. The van der Waals surface area contributed by atoms with Crippen LogP contribution in [0.1, 0.15) is 12.8 Å². The van der Waals surface area contributed by atoms with E-state index in [1.54, 1.807) is 0 Å². The minimum Gasteiger partial charge on any atom is -0.423 e. The van der Waals surface area contributed by atoms with Gasteiger partial charge in [0.2, 0.25) is 5.95 Å². The molecule has 1 aromatic carbocycles. The fraction of sp³-hybridized carbons (Fsp3) is 0.450. The first-order chi connectivity index (χ1) is 13.8. The number of aliphatic hydroxyl groups excluding tert-OH is 1. The number of hydrogen-bond acceptors (Lipinski definition) is 8. The molecule has 0 saturated carbocycles. The van der Waals surface area contributed by atoms with Gasteiger partial charge in [-0.1, -0.05) is 12.1 Å². The van der Waals surface area contributed by atoms with Gasteiger partial charge in [-0.2, -0.15) is 9.97 Å². The number of rotatable bonds is 3. The van der Waals surface area contributed by atoms with Gasteiger partial charge >= 0.3 is 0 Å². The zero-order valence-corrected chi connectivity index (χ0v) is 15.7. The number of para-hydroxylation sites is 2. The standard InChI is InChI=1S/C20H24N6O2/c27-15-4-3-9-26(14-15)18-7-8-21-19(23-18)24-10-12-25(13-11-24)20-22-16-5-1-2-6-17(16)28-20/h1-2,5-8,15,27H,3-4,9-14H2. The molecule has 2 saturated heterocycles. The molecule has 28 heavy (non-hydrogen) atoms. The van der Waals surface area contributed by atoms with E-state index in [9.17, 15) is 5.11 Å². The topological polar surface area (TPSA) is 81.8 Å². The molecule has 8 heteroatoms. The SMILES string of the molecule is OC1CCCN(c2ccnc(N3CCN(c4nc5ccccc5o4)CC3)n2)C1. The van der Waals surface area contributed by atoms with Crippen LogP contribution in [0.5, 0.6) is 0 Å². The summed E-state index contributed by atoms with van der Waals surface area (Å²) in [6, 6.07) is 10.4. The van der Waals surface area contributed by atoms with Crippen LogP contribution in [0, 0.1) is 0 Å². The number of β-amino-alcohol motifs (C(OH)–C–C–N with tert-alkyl or cyclic N) is 1. The molecule has 1 unspecified atom stereocenters. The first-order valence-electron chi connectivity index (χ1n) is 9.88. The van der Waals surface area contributed by atoms with E-state index in [1.165, 1.54) is 0 Å². The second-order valence-electron chi connectivity index (χ2n) is 7.40. The van der Waals surface area contributed by atoms with Crippen molar-refractivity contribution < 1.29 is 9.52 Å². The average molecular weight is 380 g/mol. The third-order valence-electron chi connectivity index (χ3n) is 5.46. The Hall–Kier alpha value is -2.87. The Labute approximate surface area is 163 Å². The van der Waals surface area contributed by atoms with Crippen LogP contribution in [0.4, 0.5) is 17.8 Å². The van der Waals surface area contributed by atoms with E-state index in [2.05, 4.69) is 24.7 Å². The minimum atomic E-state index is -0.271. The first kappa shape index (κ1) is 17.2. The van der Waals surface area contributed by atoms with Crippen LogP contribution in [-0.4, -0.2) is 65.4 Å². The van der Waals surface area contributed by atoms with Crippen molar-refractivity contribution >= 4 is 28.9 Å². The van der Waals surface area contributed by atoms with Gasteiger partial charge in [0.05, 0.1) is 6.10 Å². The third-order valence-corrected chi connectivity index (χ3v) is 5.46. The minimum absolute atomic E-state index is 0.271. The van der Waals surface area contributed by atoms with E-state index < -0.39 is 0 Å². The van der Waals surface area contributed by atoms with Crippen molar-refractivity contribution in [3.63, 3.8) is 0 Å². The molecule has 2 aromatic heterocycles. The summed E-state index contributed by atoms with van der Waals surface area (Å²) >= 11 is 0. The van der Waals surface area contributed by atoms with E-state index in [-0.39, 0.29) is 6.10 Å². The van der Waals surface area contributed by atoms with E-state index in [0.29, 0.717) is 12.6 Å². The number of aliphatic hydroxyl groups is 1.